The molecule has 1 aromatic rings. The minimum atomic E-state index is -4.24. The predicted octanol–water partition coefficient (Wildman–Crippen LogP) is 3.21. The lowest BCUT2D eigenvalue weighted by Crippen LogP contribution is -2.32. The average molecular weight is 273 g/mol. The molecule has 2 rings (SSSR count). The van der Waals surface area contributed by atoms with Gasteiger partial charge in [0.15, 0.2) is 0 Å². The molecule has 19 heavy (non-hydrogen) atoms. The summed E-state index contributed by atoms with van der Waals surface area (Å²) in [7, 11) is 1.34. The van der Waals surface area contributed by atoms with Gasteiger partial charge < -0.3 is 9.64 Å². The van der Waals surface area contributed by atoms with Gasteiger partial charge in [-0.2, -0.15) is 13.2 Å². The fourth-order valence-electron chi connectivity index (χ4n) is 1.92. The number of amides is 1. The summed E-state index contributed by atoms with van der Waals surface area (Å²) in [4.78, 5) is 12.6. The van der Waals surface area contributed by atoms with E-state index < -0.39 is 24.2 Å². The van der Waals surface area contributed by atoms with Crippen LogP contribution in [0.15, 0.2) is 30.3 Å². The van der Waals surface area contributed by atoms with Crippen molar-refractivity contribution >= 4 is 6.09 Å². The monoisotopic (exact) mass is 273 g/mol. The summed E-state index contributed by atoms with van der Waals surface area (Å²) in [6.45, 7) is 0.0629. The van der Waals surface area contributed by atoms with Gasteiger partial charge in [-0.05, 0) is 12.0 Å². The maximum Gasteiger partial charge on any atom is 0.410 e. The lowest BCUT2D eigenvalue weighted by atomic mass is 10.2. The molecule has 104 valence electrons. The summed E-state index contributed by atoms with van der Waals surface area (Å²) in [5.74, 6) is -1.42. The number of hydrogen-bond donors (Lipinski definition) is 0. The second-order valence-electron chi connectivity index (χ2n) is 4.60. The summed E-state index contributed by atoms with van der Waals surface area (Å²) in [6, 6.07) is 8.20. The maximum atomic E-state index is 12.4. The lowest BCUT2D eigenvalue weighted by Gasteiger charge is -2.17. The van der Waals surface area contributed by atoms with E-state index in [9.17, 15) is 18.0 Å². The number of carbonyl (C=O) groups is 1. The number of nitrogens with zero attached hydrogens (tertiary/aromatic N) is 1. The molecule has 0 N–H and O–H groups in total. The van der Waals surface area contributed by atoms with E-state index in [1.807, 2.05) is 6.07 Å². The van der Waals surface area contributed by atoms with Crippen LogP contribution in [0.3, 0.4) is 0 Å². The first kappa shape index (κ1) is 13.7. The van der Waals surface area contributed by atoms with Gasteiger partial charge in [0, 0.05) is 13.1 Å². The van der Waals surface area contributed by atoms with Crippen LogP contribution in [0.1, 0.15) is 12.0 Å². The molecule has 0 unspecified atom stereocenters. The van der Waals surface area contributed by atoms with Gasteiger partial charge in [-0.25, -0.2) is 4.79 Å². The van der Waals surface area contributed by atoms with E-state index in [0.29, 0.717) is 0 Å². The molecule has 0 aromatic heterocycles. The summed E-state index contributed by atoms with van der Waals surface area (Å²) in [6.07, 6.45) is -5.00. The van der Waals surface area contributed by atoms with Crippen molar-refractivity contribution in [3.8, 4) is 0 Å². The molecule has 1 saturated carbocycles. The smallest absolute Gasteiger partial charge is 0.410 e. The molecule has 1 aliphatic rings. The van der Waals surface area contributed by atoms with Crippen molar-refractivity contribution in [2.75, 3.05) is 7.05 Å². The molecule has 0 aliphatic heterocycles. The quantitative estimate of drug-likeness (QED) is 0.846. The van der Waals surface area contributed by atoms with Gasteiger partial charge in [0.25, 0.3) is 0 Å². The molecule has 0 saturated heterocycles. The van der Waals surface area contributed by atoms with Crippen molar-refractivity contribution in [1.82, 2.24) is 4.90 Å². The van der Waals surface area contributed by atoms with Crippen molar-refractivity contribution in [1.29, 1.82) is 0 Å². The molecule has 1 aromatic carbocycles. The number of ether oxygens (including phenoxy) is 1. The number of halogens is 3. The number of alkyl halides is 3. The van der Waals surface area contributed by atoms with Gasteiger partial charge >= 0.3 is 12.3 Å². The highest BCUT2D eigenvalue weighted by Crippen LogP contribution is 2.47. The maximum absolute atomic E-state index is 12.4. The number of hydrogen-bond acceptors (Lipinski definition) is 2. The minimum Gasteiger partial charge on any atom is -0.445 e. The van der Waals surface area contributed by atoms with Crippen LogP contribution in [-0.4, -0.2) is 30.3 Å². The molecule has 2 atom stereocenters. The Hall–Kier alpha value is -1.72. The topological polar surface area (TPSA) is 29.5 Å². The van der Waals surface area contributed by atoms with Crippen LogP contribution < -0.4 is 0 Å². The fraction of sp³-hybridized carbons (Fsp3) is 0.462. The van der Waals surface area contributed by atoms with Crippen molar-refractivity contribution in [2.24, 2.45) is 5.92 Å². The Kier molecular flexibility index (Phi) is 3.68. The van der Waals surface area contributed by atoms with E-state index in [1.54, 1.807) is 24.3 Å². The van der Waals surface area contributed by atoms with Crippen LogP contribution in [0.5, 0.6) is 0 Å². The fourth-order valence-corrected chi connectivity index (χ4v) is 1.92. The Morgan fingerprint density at radius 2 is 2.00 bits per heavy atom. The van der Waals surface area contributed by atoms with Gasteiger partial charge in [-0.1, -0.05) is 30.3 Å². The molecule has 0 bridgehead atoms. The minimum absolute atomic E-state index is 0.0412. The Morgan fingerprint density at radius 1 is 1.37 bits per heavy atom. The van der Waals surface area contributed by atoms with Crippen molar-refractivity contribution in [2.45, 2.75) is 25.2 Å². The van der Waals surface area contributed by atoms with Crippen LogP contribution in [-0.2, 0) is 11.3 Å². The third-order valence-corrected chi connectivity index (χ3v) is 3.17. The van der Waals surface area contributed by atoms with Crippen LogP contribution in [0, 0.1) is 5.92 Å². The van der Waals surface area contributed by atoms with Crippen LogP contribution in [0.4, 0.5) is 18.0 Å². The largest absolute Gasteiger partial charge is 0.445 e. The van der Waals surface area contributed by atoms with Crippen molar-refractivity contribution < 1.29 is 22.7 Å². The lowest BCUT2D eigenvalue weighted by molar-refractivity contribution is -0.151. The van der Waals surface area contributed by atoms with E-state index in [0.717, 1.165) is 10.5 Å². The second-order valence-corrected chi connectivity index (χ2v) is 4.60. The average Bonchev–Trinajstić information content (AvgIpc) is 3.16. The van der Waals surface area contributed by atoms with Gasteiger partial charge in [0.05, 0.1) is 5.92 Å². The molecular formula is C13H14F3NO2. The van der Waals surface area contributed by atoms with E-state index >= 15 is 0 Å². The zero-order valence-corrected chi connectivity index (χ0v) is 10.4. The Morgan fingerprint density at radius 3 is 2.53 bits per heavy atom. The molecule has 1 amide bonds. The molecule has 0 spiro atoms. The Balaban J connectivity index is 1.81. The van der Waals surface area contributed by atoms with E-state index in [-0.39, 0.29) is 13.0 Å². The summed E-state index contributed by atoms with van der Waals surface area (Å²) < 4.78 is 42.1. The first-order valence-electron chi connectivity index (χ1n) is 5.90. The first-order chi connectivity index (χ1) is 8.89. The SMILES string of the molecule is CN(C(=O)OCc1ccccc1)[C@@H]1C[C@H]1C(F)(F)F. The number of carbonyl (C=O) groups excluding carboxylic acids is 1. The molecule has 6 heteroatoms. The predicted molar refractivity (Wildman–Crippen MR) is 62.3 cm³/mol. The standard InChI is InChI=1S/C13H14F3NO2/c1-17(11-7-10(11)13(14,15)16)12(18)19-8-9-5-3-2-4-6-9/h2-6,10-11H,7-8H2,1H3/t10-,11-/m1/s1. The Labute approximate surface area is 109 Å². The zero-order valence-electron chi connectivity index (χ0n) is 10.4. The van der Waals surface area contributed by atoms with Crippen molar-refractivity contribution in [3.63, 3.8) is 0 Å². The molecule has 1 fully saturated rings. The van der Waals surface area contributed by atoms with Gasteiger partial charge in [-0.3, -0.25) is 0 Å². The third-order valence-electron chi connectivity index (χ3n) is 3.17. The summed E-state index contributed by atoms with van der Waals surface area (Å²) in [5, 5.41) is 0. The van der Waals surface area contributed by atoms with Crippen LogP contribution >= 0.6 is 0 Å². The third kappa shape index (κ3) is 3.39. The van der Waals surface area contributed by atoms with E-state index in [4.69, 9.17) is 4.74 Å². The molecule has 3 nitrogen and oxygen atoms in total. The summed E-state index contributed by atoms with van der Waals surface area (Å²) >= 11 is 0. The molecule has 0 radical (unpaired) electrons. The zero-order chi connectivity index (χ0) is 14.0. The second kappa shape index (κ2) is 5.11. The highest BCUT2D eigenvalue weighted by molar-refractivity contribution is 5.68. The van der Waals surface area contributed by atoms with Gasteiger partial charge in [-0.15, -0.1) is 0 Å². The number of rotatable bonds is 3. The van der Waals surface area contributed by atoms with Gasteiger partial charge in [0.2, 0.25) is 0 Å². The van der Waals surface area contributed by atoms with Crippen LogP contribution in [0.2, 0.25) is 0 Å². The highest BCUT2D eigenvalue weighted by atomic mass is 19.4. The van der Waals surface area contributed by atoms with E-state index in [2.05, 4.69) is 0 Å². The summed E-state index contributed by atoms with van der Waals surface area (Å²) in [5.41, 5.74) is 0.799. The van der Waals surface area contributed by atoms with E-state index in [1.165, 1.54) is 7.05 Å². The molecule has 1 aliphatic carbocycles. The first-order valence-corrected chi connectivity index (χ1v) is 5.90. The molecule has 0 heterocycles. The normalized spacial score (nSPS) is 21.9. The Bertz CT molecular complexity index is 447. The van der Waals surface area contributed by atoms with Crippen molar-refractivity contribution in [3.05, 3.63) is 35.9 Å². The van der Waals surface area contributed by atoms with Gasteiger partial charge in [0.1, 0.15) is 6.61 Å². The van der Waals surface area contributed by atoms with Crippen LogP contribution in [0.25, 0.3) is 0 Å². The molecular weight excluding hydrogens is 259 g/mol. The number of benzene rings is 1. The highest BCUT2D eigenvalue weighted by Gasteiger charge is 2.58.